The lowest BCUT2D eigenvalue weighted by molar-refractivity contribution is -0.145. The number of hydrogen-bond donors (Lipinski definition) is 1. The minimum atomic E-state index is -0.385. The van der Waals surface area contributed by atoms with Crippen LogP contribution in [0.3, 0.4) is 0 Å². The van der Waals surface area contributed by atoms with Crippen molar-refractivity contribution in [2.75, 3.05) is 33.2 Å². The average molecular weight is 227 g/mol. The van der Waals surface area contributed by atoms with Crippen LogP contribution in [0.25, 0.3) is 0 Å². The summed E-state index contributed by atoms with van der Waals surface area (Å²) < 4.78 is 0. The Hall–Kier alpha value is -0.610. The quantitative estimate of drug-likeness (QED) is 0.765. The first-order chi connectivity index (χ1) is 7.44. The molecule has 1 heterocycles. The summed E-state index contributed by atoms with van der Waals surface area (Å²) in [5, 5.41) is 0. The standard InChI is InChI=1S/C12H25N3O/c1-5-12(3,9-13)11(16)15-7-6-14(4)8-10(15)2/h10H,5-9,13H2,1-4H3. The number of rotatable bonds is 3. The van der Waals surface area contributed by atoms with E-state index in [1.54, 1.807) is 0 Å². The maximum absolute atomic E-state index is 12.4. The number of nitrogens with zero attached hydrogens (tertiary/aromatic N) is 2. The summed E-state index contributed by atoms with van der Waals surface area (Å²) in [6.45, 7) is 9.29. The smallest absolute Gasteiger partial charge is 0.230 e. The Morgan fingerprint density at radius 1 is 1.50 bits per heavy atom. The van der Waals surface area contributed by atoms with E-state index in [9.17, 15) is 4.79 Å². The van der Waals surface area contributed by atoms with Gasteiger partial charge in [-0.2, -0.15) is 0 Å². The summed E-state index contributed by atoms with van der Waals surface area (Å²) in [4.78, 5) is 16.7. The maximum atomic E-state index is 12.4. The van der Waals surface area contributed by atoms with E-state index < -0.39 is 0 Å². The van der Waals surface area contributed by atoms with Gasteiger partial charge in [-0.1, -0.05) is 6.92 Å². The van der Waals surface area contributed by atoms with Gasteiger partial charge in [0.05, 0.1) is 5.41 Å². The molecule has 1 aliphatic heterocycles. The predicted octanol–water partition coefficient (Wildman–Crippen LogP) is 0.524. The Balaban J connectivity index is 2.73. The van der Waals surface area contributed by atoms with Gasteiger partial charge >= 0.3 is 0 Å². The molecule has 4 heteroatoms. The lowest BCUT2D eigenvalue weighted by Gasteiger charge is -2.42. The fourth-order valence-electron chi connectivity index (χ4n) is 2.17. The molecule has 0 aromatic heterocycles. The van der Waals surface area contributed by atoms with E-state index in [1.165, 1.54) is 0 Å². The van der Waals surface area contributed by atoms with Crippen molar-refractivity contribution in [1.82, 2.24) is 9.80 Å². The average Bonchev–Trinajstić information content (AvgIpc) is 2.27. The first-order valence-corrected chi connectivity index (χ1v) is 6.14. The Labute approximate surface area is 98.8 Å². The minimum absolute atomic E-state index is 0.220. The zero-order chi connectivity index (χ0) is 12.3. The largest absolute Gasteiger partial charge is 0.337 e. The molecule has 0 radical (unpaired) electrons. The van der Waals surface area contributed by atoms with Crippen molar-refractivity contribution in [1.29, 1.82) is 0 Å². The molecule has 2 unspecified atom stereocenters. The van der Waals surface area contributed by atoms with Crippen LogP contribution >= 0.6 is 0 Å². The summed E-state index contributed by atoms with van der Waals surface area (Å²) in [6, 6.07) is 0.295. The van der Waals surface area contributed by atoms with Crippen LogP contribution in [0, 0.1) is 5.41 Å². The van der Waals surface area contributed by atoms with Crippen LogP contribution in [-0.2, 0) is 4.79 Å². The fraction of sp³-hybridized carbons (Fsp3) is 0.917. The Morgan fingerprint density at radius 2 is 2.12 bits per heavy atom. The third-order valence-corrected chi connectivity index (χ3v) is 3.84. The third kappa shape index (κ3) is 2.55. The molecule has 0 bridgehead atoms. The van der Waals surface area contributed by atoms with Crippen molar-refractivity contribution in [3.05, 3.63) is 0 Å². The highest BCUT2D eigenvalue weighted by atomic mass is 16.2. The Bertz CT molecular complexity index is 251. The van der Waals surface area contributed by atoms with Crippen molar-refractivity contribution < 1.29 is 4.79 Å². The van der Waals surface area contributed by atoms with E-state index in [-0.39, 0.29) is 11.3 Å². The number of carbonyl (C=O) groups is 1. The van der Waals surface area contributed by atoms with Gasteiger partial charge in [0.1, 0.15) is 0 Å². The van der Waals surface area contributed by atoms with Gasteiger partial charge in [-0.05, 0) is 27.3 Å². The van der Waals surface area contributed by atoms with E-state index in [4.69, 9.17) is 5.73 Å². The summed E-state index contributed by atoms with van der Waals surface area (Å²) in [5.41, 5.74) is 5.36. The maximum Gasteiger partial charge on any atom is 0.230 e. The van der Waals surface area contributed by atoms with Gasteiger partial charge in [0.2, 0.25) is 5.91 Å². The summed E-state index contributed by atoms with van der Waals surface area (Å²) in [5.74, 6) is 0.220. The second-order valence-corrected chi connectivity index (χ2v) is 5.23. The number of hydrogen-bond acceptors (Lipinski definition) is 3. The van der Waals surface area contributed by atoms with E-state index in [1.807, 2.05) is 18.7 Å². The molecule has 4 nitrogen and oxygen atoms in total. The van der Waals surface area contributed by atoms with Gasteiger partial charge in [-0.15, -0.1) is 0 Å². The zero-order valence-corrected chi connectivity index (χ0v) is 11.0. The molecule has 94 valence electrons. The molecule has 2 atom stereocenters. The molecular formula is C12H25N3O. The molecule has 0 spiro atoms. The second-order valence-electron chi connectivity index (χ2n) is 5.23. The number of piperazine rings is 1. The molecule has 1 saturated heterocycles. The number of amides is 1. The Morgan fingerprint density at radius 3 is 2.56 bits per heavy atom. The summed E-state index contributed by atoms with van der Waals surface area (Å²) >= 11 is 0. The van der Waals surface area contributed by atoms with Crippen LogP contribution in [0.5, 0.6) is 0 Å². The molecular weight excluding hydrogens is 202 g/mol. The van der Waals surface area contributed by atoms with E-state index in [0.717, 1.165) is 26.1 Å². The predicted molar refractivity (Wildman–Crippen MR) is 66.1 cm³/mol. The minimum Gasteiger partial charge on any atom is -0.337 e. The van der Waals surface area contributed by atoms with Crippen LogP contribution in [0.15, 0.2) is 0 Å². The van der Waals surface area contributed by atoms with Crippen LogP contribution in [-0.4, -0.2) is 55.0 Å². The Kier molecular flexibility index (Phi) is 4.33. The van der Waals surface area contributed by atoms with Crippen LogP contribution in [0.4, 0.5) is 0 Å². The first-order valence-electron chi connectivity index (χ1n) is 6.14. The lowest BCUT2D eigenvalue weighted by atomic mass is 9.85. The molecule has 0 aromatic carbocycles. The summed E-state index contributed by atoms with van der Waals surface area (Å²) in [7, 11) is 2.10. The highest BCUT2D eigenvalue weighted by Gasteiger charge is 2.37. The van der Waals surface area contributed by atoms with Crippen molar-refractivity contribution >= 4 is 5.91 Å². The molecule has 1 amide bonds. The van der Waals surface area contributed by atoms with E-state index in [2.05, 4.69) is 18.9 Å². The number of nitrogens with two attached hydrogens (primary N) is 1. The van der Waals surface area contributed by atoms with Crippen molar-refractivity contribution in [2.24, 2.45) is 11.1 Å². The van der Waals surface area contributed by atoms with Crippen molar-refractivity contribution in [2.45, 2.75) is 33.2 Å². The molecule has 0 aliphatic carbocycles. The topological polar surface area (TPSA) is 49.6 Å². The van der Waals surface area contributed by atoms with Gasteiger partial charge in [0.15, 0.2) is 0 Å². The normalized spacial score (nSPS) is 26.6. The van der Waals surface area contributed by atoms with Gasteiger partial charge < -0.3 is 15.5 Å². The van der Waals surface area contributed by atoms with Crippen LogP contribution < -0.4 is 5.73 Å². The molecule has 1 aliphatic rings. The highest BCUT2D eigenvalue weighted by molar-refractivity contribution is 5.83. The summed E-state index contributed by atoms with van der Waals surface area (Å²) in [6.07, 6.45) is 0.807. The SMILES string of the molecule is CCC(C)(CN)C(=O)N1CCN(C)CC1C. The number of carbonyl (C=O) groups excluding carboxylic acids is 1. The molecule has 1 fully saturated rings. The highest BCUT2D eigenvalue weighted by Crippen LogP contribution is 2.25. The third-order valence-electron chi connectivity index (χ3n) is 3.84. The van der Waals surface area contributed by atoms with Gasteiger partial charge in [0.25, 0.3) is 0 Å². The van der Waals surface area contributed by atoms with Gasteiger partial charge in [-0.3, -0.25) is 4.79 Å². The van der Waals surface area contributed by atoms with Crippen molar-refractivity contribution in [3.63, 3.8) is 0 Å². The molecule has 2 N–H and O–H groups in total. The van der Waals surface area contributed by atoms with E-state index >= 15 is 0 Å². The molecule has 1 rings (SSSR count). The second kappa shape index (κ2) is 5.15. The van der Waals surface area contributed by atoms with Crippen LogP contribution in [0.1, 0.15) is 27.2 Å². The van der Waals surface area contributed by atoms with Crippen molar-refractivity contribution in [3.8, 4) is 0 Å². The van der Waals surface area contributed by atoms with Gasteiger partial charge in [0, 0.05) is 32.2 Å². The van der Waals surface area contributed by atoms with Crippen LogP contribution in [0.2, 0.25) is 0 Å². The fourth-order valence-corrected chi connectivity index (χ4v) is 2.17. The first kappa shape index (κ1) is 13.5. The monoisotopic (exact) mass is 227 g/mol. The lowest BCUT2D eigenvalue weighted by Crippen LogP contribution is -2.57. The van der Waals surface area contributed by atoms with E-state index in [0.29, 0.717) is 12.6 Å². The molecule has 0 aromatic rings. The number of likely N-dealkylation sites (N-methyl/N-ethyl adjacent to an activating group) is 1. The zero-order valence-electron chi connectivity index (χ0n) is 11.0. The molecule has 16 heavy (non-hydrogen) atoms. The molecule has 0 saturated carbocycles. The van der Waals surface area contributed by atoms with Gasteiger partial charge in [-0.25, -0.2) is 0 Å².